The molecule has 2 nitrogen and oxygen atoms in total. The summed E-state index contributed by atoms with van der Waals surface area (Å²) in [6.07, 6.45) is 0. The molecule has 0 saturated heterocycles. The van der Waals surface area contributed by atoms with Gasteiger partial charge in [-0.2, -0.15) is 0 Å². The van der Waals surface area contributed by atoms with Crippen LogP contribution in [0.3, 0.4) is 0 Å². The molecule has 4 heteroatoms. The molecule has 0 amide bonds. The first-order chi connectivity index (χ1) is 0. The van der Waals surface area contributed by atoms with E-state index in [1.165, 1.54) is 0 Å². The van der Waals surface area contributed by atoms with Crippen molar-refractivity contribution in [2.45, 2.75) is 0 Å². The smallest absolute Gasteiger partial charge is 2.00 e. The third-order valence-electron chi connectivity index (χ3n) is 0. The Morgan fingerprint density at radius 1 is 0.750 bits per heavy atom. The number of rotatable bonds is 0. The predicted molar refractivity (Wildman–Crippen MR) is 1.37 cm³/mol. The van der Waals surface area contributed by atoms with E-state index in [1.807, 2.05) is 0 Å². The monoisotopic (exact) mass is 187 g/mol. The van der Waals surface area contributed by atoms with Gasteiger partial charge in [-0.05, 0) is 0 Å². The van der Waals surface area contributed by atoms with Crippen LogP contribution in [0.1, 0.15) is 0 Å². The predicted octanol–water partition coefficient (Wildman–Crippen LogP) is -0.243. The molecule has 0 aliphatic rings. The van der Waals surface area contributed by atoms with Crippen LogP contribution in [0, 0.1) is 0 Å². The van der Waals surface area contributed by atoms with Crippen LogP contribution in [0.2, 0.25) is 0 Å². The molecule has 0 aliphatic heterocycles. The maximum absolute atomic E-state index is 0. The van der Waals surface area contributed by atoms with E-state index in [4.69, 9.17) is 0 Å². The van der Waals surface area contributed by atoms with E-state index in [2.05, 4.69) is 0 Å². The topological polar surface area (TPSA) is 57.0 Å². The molecule has 0 heterocycles. The van der Waals surface area contributed by atoms with Crippen molar-refractivity contribution in [3.8, 4) is 0 Å². The van der Waals surface area contributed by atoms with Crippen LogP contribution in [0.5, 0.6) is 0 Å². The van der Waals surface area contributed by atoms with Crippen molar-refractivity contribution in [3.05, 3.63) is 0 Å². The molecule has 27 valence electrons. The average Bonchev–Trinajstić information content (AvgIpc) is 0. The molecule has 0 aromatic carbocycles. The summed E-state index contributed by atoms with van der Waals surface area (Å²) in [6, 6.07) is 0. The van der Waals surface area contributed by atoms with E-state index in [9.17, 15) is 0 Å². The van der Waals surface area contributed by atoms with Crippen LogP contribution >= 0.6 is 0 Å². The fourth-order valence-electron chi connectivity index (χ4n) is 0. The Labute approximate surface area is 55.0 Å². The molecular formula is AgO2Ti. The minimum absolute atomic E-state index is 0. The molecule has 0 spiro atoms. The van der Waals surface area contributed by atoms with Gasteiger partial charge in [-0.15, -0.1) is 0 Å². The molecule has 0 saturated carbocycles. The van der Waals surface area contributed by atoms with Gasteiger partial charge >= 0.3 is 21.7 Å². The number of hydrogen-bond acceptors (Lipinski definition) is 0. The van der Waals surface area contributed by atoms with Gasteiger partial charge in [0, 0.05) is 22.4 Å². The van der Waals surface area contributed by atoms with Gasteiger partial charge in [-0.3, -0.25) is 0 Å². The zero-order valence-electron chi connectivity index (χ0n) is 1.62. The Bertz CT molecular complexity index is 6.00. The minimum Gasteiger partial charge on any atom is -2.00 e. The maximum Gasteiger partial charge on any atom is 4.00 e. The van der Waals surface area contributed by atoms with E-state index >= 15 is 0 Å². The first-order valence-electron chi connectivity index (χ1n) is 0. The van der Waals surface area contributed by atoms with Crippen molar-refractivity contribution in [2.24, 2.45) is 0 Å². The zero-order chi connectivity index (χ0) is 0. The third-order valence-corrected chi connectivity index (χ3v) is 0. The molecule has 1 radical (unpaired) electrons. The molecular weight excluding hydrogens is 188 g/mol. The van der Waals surface area contributed by atoms with E-state index in [1.54, 1.807) is 0 Å². The molecule has 0 unspecified atom stereocenters. The van der Waals surface area contributed by atoms with Gasteiger partial charge in [-0.25, -0.2) is 0 Å². The van der Waals surface area contributed by atoms with Crippen LogP contribution in [0.25, 0.3) is 0 Å². The van der Waals surface area contributed by atoms with Crippen LogP contribution in [-0.4, -0.2) is 0 Å². The zero-order valence-corrected chi connectivity index (χ0v) is 4.66. The molecule has 0 atom stereocenters. The standard InChI is InChI=1S/Ag.2O.Ti/q;2*-2;+4. The summed E-state index contributed by atoms with van der Waals surface area (Å²) in [5.41, 5.74) is 0. The second-order valence-electron chi connectivity index (χ2n) is 0. The van der Waals surface area contributed by atoms with Gasteiger partial charge in [0.2, 0.25) is 0 Å². The van der Waals surface area contributed by atoms with Gasteiger partial charge < -0.3 is 11.0 Å². The largest absolute Gasteiger partial charge is 4.00 e. The van der Waals surface area contributed by atoms with Crippen molar-refractivity contribution in [1.29, 1.82) is 0 Å². The maximum atomic E-state index is 0. The molecule has 4 heavy (non-hydrogen) atoms. The molecule has 0 rings (SSSR count). The van der Waals surface area contributed by atoms with Crippen LogP contribution in [0.4, 0.5) is 0 Å². The average molecular weight is 188 g/mol. The number of hydrogen-bond donors (Lipinski definition) is 0. The van der Waals surface area contributed by atoms with Gasteiger partial charge in [0.1, 0.15) is 0 Å². The van der Waals surface area contributed by atoms with Crippen LogP contribution in [-0.2, 0) is 55.1 Å². The Morgan fingerprint density at radius 3 is 0.750 bits per heavy atom. The molecule has 0 aliphatic carbocycles. The summed E-state index contributed by atoms with van der Waals surface area (Å²) >= 11 is 0. The summed E-state index contributed by atoms with van der Waals surface area (Å²) < 4.78 is 0. The SMILES string of the molecule is [Ag].[O-2].[O-2].[Ti+4]. The summed E-state index contributed by atoms with van der Waals surface area (Å²) in [4.78, 5) is 0. The second-order valence-corrected chi connectivity index (χ2v) is 0. The van der Waals surface area contributed by atoms with Gasteiger partial charge in [-0.1, -0.05) is 0 Å². The third kappa shape index (κ3) is 10.1. The summed E-state index contributed by atoms with van der Waals surface area (Å²) in [5, 5.41) is 0. The molecule has 0 aromatic heterocycles. The van der Waals surface area contributed by atoms with Crippen molar-refractivity contribution in [2.75, 3.05) is 0 Å². The Kier molecular flexibility index (Phi) is 359. The summed E-state index contributed by atoms with van der Waals surface area (Å²) in [7, 11) is 0. The Morgan fingerprint density at radius 2 is 0.750 bits per heavy atom. The quantitative estimate of drug-likeness (QED) is 0.470. The van der Waals surface area contributed by atoms with E-state index in [0.717, 1.165) is 0 Å². The summed E-state index contributed by atoms with van der Waals surface area (Å²) in [6.45, 7) is 0. The Balaban J connectivity index is 0. The normalized spacial score (nSPS) is 0. The fourth-order valence-corrected chi connectivity index (χ4v) is 0. The van der Waals surface area contributed by atoms with Crippen molar-refractivity contribution >= 4 is 0 Å². The molecule has 0 fully saturated rings. The second kappa shape index (κ2) is 26.4. The van der Waals surface area contributed by atoms with Crippen molar-refractivity contribution < 1.29 is 55.1 Å². The first-order valence-corrected chi connectivity index (χ1v) is 0. The minimum atomic E-state index is 0. The van der Waals surface area contributed by atoms with Gasteiger partial charge in [0.25, 0.3) is 0 Å². The van der Waals surface area contributed by atoms with Crippen molar-refractivity contribution in [3.63, 3.8) is 0 Å². The molecule has 0 aromatic rings. The van der Waals surface area contributed by atoms with E-state index < -0.39 is 0 Å². The first kappa shape index (κ1) is 54.4. The van der Waals surface area contributed by atoms with Gasteiger partial charge in [0.05, 0.1) is 0 Å². The Hall–Kier alpha value is 1.37. The fraction of sp³-hybridized carbons (Fsp3) is 0. The van der Waals surface area contributed by atoms with E-state index in [-0.39, 0.29) is 55.1 Å². The van der Waals surface area contributed by atoms with Gasteiger partial charge in [0.15, 0.2) is 0 Å². The van der Waals surface area contributed by atoms with Crippen LogP contribution in [0.15, 0.2) is 0 Å². The molecule has 0 N–H and O–H groups in total. The summed E-state index contributed by atoms with van der Waals surface area (Å²) in [5.74, 6) is 0. The molecule has 0 bridgehead atoms. The van der Waals surface area contributed by atoms with Crippen LogP contribution < -0.4 is 0 Å². The van der Waals surface area contributed by atoms with E-state index in [0.29, 0.717) is 0 Å². The van der Waals surface area contributed by atoms with Crippen molar-refractivity contribution in [1.82, 2.24) is 0 Å².